The largest absolute Gasteiger partial charge is 0.332 e. The Morgan fingerprint density at radius 1 is 0.793 bits per heavy atom. The molecule has 0 radical (unpaired) electrons. The number of hydrogen-bond donors (Lipinski definition) is 0. The molecule has 2 atom stereocenters. The average molecular weight is 383 g/mol. The lowest BCUT2D eigenvalue weighted by Crippen LogP contribution is -2.29. The quantitative estimate of drug-likeness (QED) is 0.489. The van der Waals surface area contributed by atoms with Crippen LogP contribution in [0.1, 0.15) is 59.9 Å². The van der Waals surface area contributed by atoms with E-state index in [9.17, 15) is 0 Å². The molecule has 0 bridgehead atoms. The van der Waals surface area contributed by atoms with Crippen LogP contribution in [0.5, 0.6) is 0 Å². The van der Waals surface area contributed by atoms with Gasteiger partial charge in [-0.1, -0.05) is 92.2 Å². The molecule has 0 saturated carbocycles. The van der Waals surface area contributed by atoms with E-state index in [1.54, 1.807) is 0 Å². The van der Waals surface area contributed by atoms with E-state index >= 15 is 0 Å². The predicted octanol–water partition coefficient (Wildman–Crippen LogP) is 6.54. The number of hydrogen-bond acceptors (Lipinski definition) is 2. The Hall–Kier alpha value is -2.87. The van der Waals surface area contributed by atoms with E-state index in [-0.39, 0.29) is 0 Å². The molecule has 0 aromatic heterocycles. The monoisotopic (exact) mass is 382 g/mol. The van der Waals surface area contributed by atoms with Gasteiger partial charge in [0.05, 0.1) is 6.34 Å². The first kappa shape index (κ1) is 19.4. The number of nitrogens with zero attached hydrogens (tertiary/aromatic N) is 2. The van der Waals surface area contributed by atoms with Gasteiger partial charge in [0.15, 0.2) is 0 Å². The number of aliphatic imine (C=N–C) groups is 1. The van der Waals surface area contributed by atoms with Gasteiger partial charge < -0.3 is 4.90 Å². The highest BCUT2D eigenvalue weighted by Gasteiger charge is 2.24. The van der Waals surface area contributed by atoms with Gasteiger partial charge in [0, 0.05) is 30.6 Å². The molecule has 0 unspecified atom stereocenters. The Morgan fingerprint density at radius 2 is 1.31 bits per heavy atom. The fourth-order valence-electron chi connectivity index (χ4n) is 4.39. The van der Waals surface area contributed by atoms with E-state index in [1.807, 2.05) is 0 Å². The van der Waals surface area contributed by atoms with Crippen LogP contribution in [0.2, 0.25) is 0 Å². The summed E-state index contributed by atoms with van der Waals surface area (Å²) in [6, 6.07) is 26.4. The average Bonchev–Trinajstić information content (AvgIpc) is 2.79. The lowest BCUT2D eigenvalue weighted by atomic mass is 9.83. The maximum absolute atomic E-state index is 4.60. The second-order valence-electron chi connectivity index (χ2n) is 8.13. The Labute approximate surface area is 174 Å². The third-order valence-electron chi connectivity index (χ3n) is 6.04. The third-order valence-corrected chi connectivity index (χ3v) is 6.04. The summed E-state index contributed by atoms with van der Waals surface area (Å²) in [7, 11) is 0. The van der Waals surface area contributed by atoms with Crippen LogP contribution in [0, 0.1) is 6.92 Å². The Kier molecular flexibility index (Phi) is 5.80. The molecule has 2 heteroatoms. The molecule has 0 aliphatic carbocycles. The summed E-state index contributed by atoms with van der Waals surface area (Å²) in [4.78, 5) is 6.99. The van der Waals surface area contributed by atoms with Crippen LogP contribution in [-0.4, -0.2) is 19.4 Å². The van der Waals surface area contributed by atoms with Crippen molar-refractivity contribution in [2.75, 3.05) is 18.0 Å². The van der Waals surface area contributed by atoms with E-state index in [0.29, 0.717) is 11.8 Å². The fourth-order valence-corrected chi connectivity index (χ4v) is 4.39. The van der Waals surface area contributed by atoms with Crippen LogP contribution >= 0.6 is 0 Å². The summed E-state index contributed by atoms with van der Waals surface area (Å²) in [5.74, 6) is 0.645. The SMILES string of the molecule is Cc1cc([C@H](C)c2ccccc2)c(N2C=NCCC2)c([C@H](C)c2ccccc2)c1. The summed E-state index contributed by atoms with van der Waals surface area (Å²) in [5.41, 5.74) is 8.15. The topological polar surface area (TPSA) is 15.6 Å². The van der Waals surface area contributed by atoms with Crippen LogP contribution in [0.25, 0.3) is 0 Å². The van der Waals surface area contributed by atoms with Crippen molar-refractivity contribution in [3.63, 3.8) is 0 Å². The maximum atomic E-state index is 4.60. The lowest BCUT2D eigenvalue weighted by Gasteiger charge is -2.32. The van der Waals surface area contributed by atoms with E-state index in [1.165, 1.54) is 33.5 Å². The van der Waals surface area contributed by atoms with Gasteiger partial charge in [-0.05, 0) is 35.6 Å². The minimum absolute atomic E-state index is 0.322. The highest BCUT2D eigenvalue weighted by molar-refractivity contribution is 5.84. The van der Waals surface area contributed by atoms with Crippen molar-refractivity contribution in [2.24, 2.45) is 4.99 Å². The summed E-state index contributed by atoms with van der Waals surface area (Å²) in [5, 5.41) is 0. The summed E-state index contributed by atoms with van der Waals surface area (Å²) in [6.07, 6.45) is 3.15. The number of anilines is 1. The first-order valence-electron chi connectivity index (χ1n) is 10.7. The first-order chi connectivity index (χ1) is 14.1. The van der Waals surface area contributed by atoms with Crippen molar-refractivity contribution >= 4 is 12.0 Å². The Balaban J connectivity index is 1.89. The smallest absolute Gasteiger partial charge is 0.0894 e. The van der Waals surface area contributed by atoms with E-state index in [4.69, 9.17) is 0 Å². The molecule has 1 aliphatic rings. The van der Waals surface area contributed by atoms with Gasteiger partial charge in [-0.15, -0.1) is 0 Å². The van der Waals surface area contributed by atoms with Gasteiger partial charge in [0.2, 0.25) is 0 Å². The van der Waals surface area contributed by atoms with Crippen LogP contribution in [0.15, 0.2) is 77.8 Å². The number of rotatable bonds is 5. The molecule has 3 aromatic rings. The van der Waals surface area contributed by atoms with Gasteiger partial charge in [-0.25, -0.2) is 0 Å². The van der Waals surface area contributed by atoms with Crippen LogP contribution in [0.4, 0.5) is 5.69 Å². The summed E-state index contributed by atoms with van der Waals surface area (Å²) < 4.78 is 0. The van der Waals surface area contributed by atoms with E-state index in [0.717, 1.165) is 19.5 Å². The highest BCUT2D eigenvalue weighted by Crippen LogP contribution is 2.41. The Morgan fingerprint density at radius 3 is 1.76 bits per heavy atom. The predicted molar refractivity (Wildman–Crippen MR) is 124 cm³/mol. The minimum Gasteiger partial charge on any atom is -0.332 e. The van der Waals surface area contributed by atoms with Crippen molar-refractivity contribution < 1.29 is 0 Å². The van der Waals surface area contributed by atoms with Crippen LogP contribution in [-0.2, 0) is 0 Å². The molecule has 1 aliphatic heterocycles. The number of aryl methyl sites for hydroxylation is 1. The van der Waals surface area contributed by atoms with Gasteiger partial charge >= 0.3 is 0 Å². The molecule has 0 amide bonds. The molecule has 0 saturated heterocycles. The van der Waals surface area contributed by atoms with Crippen molar-refractivity contribution in [2.45, 2.75) is 39.0 Å². The zero-order valence-corrected chi connectivity index (χ0v) is 17.7. The maximum Gasteiger partial charge on any atom is 0.0894 e. The normalized spacial score (nSPS) is 15.9. The van der Waals surface area contributed by atoms with Crippen molar-refractivity contribution in [3.8, 4) is 0 Å². The van der Waals surface area contributed by atoms with Gasteiger partial charge in [0.25, 0.3) is 0 Å². The second-order valence-corrected chi connectivity index (χ2v) is 8.13. The molecular weight excluding hydrogens is 352 g/mol. The summed E-state index contributed by atoms with van der Waals surface area (Å²) >= 11 is 0. The molecule has 3 aromatic carbocycles. The molecule has 2 nitrogen and oxygen atoms in total. The molecule has 1 heterocycles. The van der Waals surface area contributed by atoms with Crippen molar-refractivity contribution in [1.29, 1.82) is 0 Å². The first-order valence-corrected chi connectivity index (χ1v) is 10.7. The summed E-state index contributed by atoms with van der Waals surface area (Å²) in [6.45, 7) is 8.82. The third kappa shape index (κ3) is 4.12. The molecule has 148 valence electrons. The standard InChI is InChI=1S/C27H30N2/c1-20-17-25(21(2)23-11-6-4-7-12-23)27(29-16-10-15-28-19-29)26(18-20)22(3)24-13-8-5-9-14-24/h4-9,11-14,17-19,21-22H,10,15-16H2,1-3H3/t21-,22-/m1/s1. The van der Waals surface area contributed by atoms with E-state index in [2.05, 4.69) is 110 Å². The molecule has 29 heavy (non-hydrogen) atoms. The number of benzene rings is 3. The second kappa shape index (κ2) is 8.65. The van der Waals surface area contributed by atoms with Crippen LogP contribution in [0.3, 0.4) is 0 Å². The molecule has 0 spiro atoms. The minimum atomic E-state index is 0.322. The van der Waals surface area contributed by atoms with Crippen molar-refractivity contribution in [3.05, 3.63) is 101 Å². The van der Waals surface area contributed by atoms with Crippen molar-refractivity contribution in [1.82, 2.24) is 0 Å². The fraction of sp³-hybridized carbons (Fsp3) is 0.296. The molecular formula is C27H30N2. The Bertz CT molecular complexity index is 909. The van der Waals surface area contributed by atoms with Gasteiger partial charge in [-0.2, -0.15) is 0 Å². The van der Waals surface area contributed by atoms with Gasteiger partial charge in [-0.3, -0.25) is 4.99 Å². The zero-order chi connectivity index (χ0) is 20.2. The molecule has 0 N–H and O–H groups in total. The van der Waals surface area contributed by atoms with Gasteiger partial charge in [0.1, 0.15) is 0 Å². The molecule has 0 fully saturated rings. The zero-order valence-electron chi connectivity index (χ0n) is 17.7. The highest BCUT2D eigenvalue weighted by atomic mass is 15.2. The van der Waals surface area contributed by atoms with E-state index < -0.39 is 0 Å². The van der Waals surface area contributed by atoms with Crippen LogP contribution < -0.4 is 4.90 Å². The lowest BCUT2D eigenvalue weighted by molar-refractivity contribution is 0.783. The molecule has 4 rings (SSSR count).